The first-order valence-corrected chi connectivity index (χ1v) is 6.97. The molecule has 2 atom stereocenters. The van der Waals surface area contributed by atoms with E-state index in [1.807, 2.05) is 20.8 Å². The third kappa shape index (κ3) is 4.08. The second kappa shape index (κ2) is 6.70. The molecule has 1 aliphatic rings. The molecule has 2 rings (SSSR count). The molecule has 0 spiro atoms. The average Bonchev–Trinajstić information content (AvgIpc) is 2.63. The van der Waals surface area contributed by atoms with Crippen molar-refractivity contribution in [3.8, 4) is 0 Å². The van der Waals surface area contributed by atoms with E-state index in [0.717, 1.165) is 11.3 Å². The van der Waals surface area contributed by atoms with Gasteiger partial charge in [0.1, 0.15) is 11.4 Å². The number of aryl methyl sites for hydroxylation is 1. The maximum atomic E-state index is 11.4. The first-order chi connectivity index (χ1) is 8.15. The molecule has 0 aliphatic carbocycles. The molecule has 0 N–H and O–H groups in total. The zero-order valence-electron chi connectivity index (χ0n) is 10.9. The highest BCUT2D eigenvalue weighted by molar-refractivity contribution is 8.00. The maximum absolute atomic E-state index is 11.4. The van der Waals surface area contributed by atoms with E-state index in [2.05, 4.69) is 31.2 Å². The zero-order chi connectivity index (χ0) is 12.8. The molecule has 0 aromatic heterocycles. The minimum absolute atomic E-state index is 0.0253. The Morgan fingerprint density at radius 1 is 1.24 bits per heavy atom. The van der Waals surface area contributed by atoms with Crippen LogP contribution in [0.1, 0.15) is 32.8 Å². The highest BCUT2D eigenvalue weighted by Crippen LogP contribution is 2.31. The summed E-state index contributed by atoms with van der Waals surface area (Å²) in [5.74, 6) is -0.0759. The van der Waals surface area contributed by atoms with Crippen molar-refractivity contribution < 1.29 is 9.53 Å². The van der Waals surface area contributed by atoms with Crippen LogP contribution in [0, 0.1) is 6.92 Å². The van der Waals surface area contributed by atoms with Crippen molar-refractivity contribution in [1.29, 1.82) is 0 Å². The number of carbonyl (C=O) groups is 1. The Labute approximate surface area is 108 Å². The van der Waals surface area contributed by atoms with Gasteiger partial charge < -0.3 is 4.74 Å². The third-order valence-corrected chi connectivity index (χ3v) is 3.64. The maximum Gasteiger partial charge on any atom is 0.319 e. The summed E-state index contributed by atoms with van der Waals surface area (Å²) in [7, 11) is 0. The van der Waals surface area contributed by atoms with E-state index in [-0.39, 0.29) is 17.3 Å². The van der Waals surface area contributed by atoms with Crippen LogP contribution in [-0.4, -0.2) is 17.3 Å². The molecule has 1 saturated heterocycles. The van der Waals surface area contributed by atoms with Crippen LogP contribution < -0.4 is 0 Å². The fraction of sp³-hybridized carbons (Fsp3) is 0.500. The van der Waals surface area contributed by atoms with Crippen LogP contribution >= 0.6 is 11.8 Å². The predicted molar refractivity (Wildman–Crippen MR) is 72.3 cm³/mol. The number of benzene rings is 1. The Kier molecular flexibility index (Phi) is 5.56. The molecule has 1 heterocycles. The second-order valence-electron chi connectivity index (χ2n) is 3.90. The van der Waals surface area contributed by atoms with Crippen molar-refractivity contribution in [1.82, 2.24) is 0 Å². The van der Waals surface area contributed by atoms with Crippen LogP contribution in [0.25, 0.3) is 0 Å². The third-order valence-electron chi connectivity index (χ3n) is 2.43. The average molecular weight is 252 g/mol. The summed E-state index contributed by atoms with van der Waals surface area (Å²) in [6.45, 7) is 7.99. The summed E-state index contributed by atoms with van der Waals surface area (Å²) in [4.78, 5) is 12.5. The number of ether oxygens (including phenoxy) is 1. The van der Waals surface area contributed by atoms with Crippen molar-refractivity contribution in [2.24, 2.45) is 0 Å². The van der Waals surface area contributed by atoms with Gasteiger partial charge >= 0.3 is 5.97 Å². The van der Waals surface area contributed by atoms with Gasteiger partial charge in [0.05, 0.1) is 0 Å². The van der Waals surface area contributed by atoms with E-state index >= 15 is 0 Å². The summed E-state index contributed by atoms with van der Waals surface area (Å²) in [5.41, 5.74) is 1.24. The fourth-order valence-corrected chi connectivity index (χ4v) is 2.74. The Bertz CT molecular complexity index is 359. The number of thioether (sulfide) groups is 1. The molecule has 1 aromatic carbocycles. The lowest BCUT2D eigenvalue weighted by atomic mass is 10.2. The van der Waals surface area contributed by atoms with Crippen LogP contribution in [0.5, 0.6) is 0 Å². The summed E-state index contributed by atoms with van der Waals surface area (Å²) < 4.78 is 5.11. The number of carbonyl (C=O) groups excluding carboxylic acids is 1. The standard InChI is InChI=1S/C12H14O2S.C2H6/c1-8-3-5-10(6-4-8)15-11-7-9(2)14-12(11)13;1-2/h3-6,9,11H,7H2,1-2H3;1-2H3. The second-order valence-corrected chi connectivity index (χ2v) is 5.18. The van der Waals surface area contributed by atoms with Crippen LogP contribution in [0.2, 0.25) is 0 Å². The van der Waals surface area contributed by atoms with Crippen molar-refractivity contribution in [3.63, 3.8) is 0 Å². The smallest absolute Gasteiger partial charge is 0.319 e. The van der Waals surface area contributed by atoms with Crippen molar-refractivity contribution >= 4 is 17.7 Å². The lowest BCUT2D eigenvalue weighted by Gasteiger charge is -2.05. The normalized spacial score (nSPS) is 22.7. The van der Waals surface area contributed by atoms with Gasteiger partial charge in [0.25, 0.3) is 0 Å². The predicted octanol–water partition coefficient (Wildman–Crippen LogP) is 3.82. The van der Waals surface area contributed by atoms with Gasteiger partial charge in [0.15, 0.2) is 0 Å². The van der Waals surface area contributed by atoms with Crippen LogP contribution in [0.4, 0.5) is 0 Å². The van der Waals surface area contributed by atoms with Crippen LogP contribution in [0.3, 0.4) is 0 Å². The van der Waals surface area contributed by atoms with E-state index in [1.165, 1.54) is 5.56 Å². The van der Waals surface area contributed by atoms with E-state index in [1.54, 1.807) is 11.8 Å². The lowest BCUT2D eigenvalue weighted by Crippen LogP contribution is -2.08. The molecular formula is C14H20O2S. The van der Waals surface area contributed by atoms with Gasteiger partial charge in [0, 0.05) is 11.3 Å². The molecule has 94 valence electrons. The SMILES string of the molecule is CC.Cc1ccc(SC2CC(C)OC2=O)cc1. The van der Waals surface area contributed by atoms with Gasteiger partial charge in [-0.1, -0.05) is 31.5 Å². The Hall–Kier alpha value is -0.960. The van der Waals surface area contributed by atoms with E-state index in [9.17, 15) is 4.79 Å². The molecule has 0 radical (unpaired) electrons. The molecule has 1 aromatic rings. The zero-order valence-corrected chi connectivity index (χ0v) is 11.7. The summed E-state index contributed by atoms with van der Waals surface area (Å²) in [5, 5.41) is -0.0253. The monoisotopic (exact) mass is 252 g/mol. The molecule has 0 bridgehead atoms. The molecule has 0 amide bonds. The number of hydrogen-bond donors (Lipinski definition) is 0. The minimum atomic E-state index is -0.0759. The Morgan fingerprint density at radius 3 is 2.29 bits per heavy atom. The molecule has 0 saturated carbocycles. The lowest BCUT2D eigenvalue weighted by molar-refractivity contribution is -0.140. The highest BCUT2D eigenvalue weighted by Gasteiger charge is 2.32. The highest BCUT2D eigenvalue weighted by atomic mass is 32.2. The van der Waals surface area contributed by atoms with Gasteiger partial charge in [-0.05, 0) is 26.0 Å². The summed E-state index contributed by atoms with van der Waals surface area (Å²) in [6.07, 6.45) is 0.887. The van der Waals surface area contributed by atoms with Crippen molar-refractivity contribution in [2.75, 3.05) is 0 Å². The first-order valence-electron chi connectivity index (χ1n) is 6.09. The van der Waals surface area contributed by atoms with Crippen molar-refractivity contribution in [2.45, 2.75) is 50.4 Å². The quantitative estimate of drug-likeness (QED) is 0.749. The summed E-state index contributed by atoms with van der Waals surface area (Å²) >= 11 is 1.60. The van der Waals surface area contributed by atoms with Gasteiger partial charge in [-0.3, -0.25) is 4.79 Å². The number of hydrogen-bond acceptors (Lipinski definition) is 3. The van der Waals surface area contributed by atoms with Crippen molar-refractivity contribution in [3.05, 3.63) is 29.8 Å². The minimum Gasteiger partial charge on any atom is -0.462 e. The van der Waals surface area contributed by atoms with Gasteiger partial charge in [0.2, 0.25) is 0 Å². The Morgan fingerprint density at radius 2 is 1.82 bits per heavy atom. The van der Waals surface area contributed by atoms with E-state index in [4.69, 9.17) is 4.74 Å². The molecule has 3 heteroatoms. The molecule has 2 unspecified atom stereocenters. The van der Waals surface area contributed by atoms with Gasteiger partial charge in [-0.15, -0.1) is 11.8 Å². The summed E-state index contributed by atoms with van der Waals surface area (Å²) in [6, 6.07) is 8.23. The van der Waals surface area contributed by atoms with E-state index < -0.39 is 0 Å². The van der Waals surface area contributed by atoms with Crippen LogP contribution in [-0.2, 0) is 9.53 Å². The number of rotatable bonds is 2. The molecule has 1 fully saturated rings. The Balaban J connectivity index is 0.000000686. The van der Waals surface area contributed by atoms with Gasteiger partial charge in [-0.2, -0.15) is 0 Å². The molecule has 2 nitrogen and oxygen atoms in total. The molecular weight excluding hydrogens is 232 g/mol. The molecule has 1 aliphatic heterocycles. The number of esters is 1. The fourth-order valence-electron chi connectivity index (χ4n) is 1.60. The topological polar surface area (TPSA) is 26.3 Å². The molecule has 17 heavy (non-hydrogen) atoms. The number of cyclic esters (lactones) is 1. The van der Waals surface area contributed by atoms with Gasteiger partial charge in [-0.25, -0.2) is 0 Å². The van der Waals surface area contributed by atoms with E-state index in [0.29, 0.717) is 0 Å². The first kappa shape index (κ1) is 14.1. The van der Waals surface area contributed by atoms with Crippen LogP contribution in [0.15, 0.2) is 29.2 Å². The largest absolute Gasteiger partial charge is 0.462 e.